The second-order valence-corrected chi connectivity index (χ2v) is 7.72. The molecule has 0 aliphatic rings. The zero-order chi connectivity index (χ0) is 25.4. The molecule has 2 amide bonds. The van der Waals surface area contributed by atoms with Gasteiger partial charge in [0, 0.05) is 33.5 Å². The van der Waals surface area contributed by atoms with Crippen molar-refractivity contribution in [3.05, 3.63) is 69.4 Å². The predicted molar refractivity (Wildman–Crippen MR) is 126 cm³/mol. The lowest BCUT2D eigenvalue weighted by Crippen LogP contribution is -2.38. The number of hydrogen-bond acceptors (Lipinski definition) is 7. The Morgan fingerprint density at radius 3 is 2.37 bits per heavy atom. The summed E-state index contributed by atoms with van der Waals surface area (Å²) >= 11 is 0. The van der Waals surface area contributed by atoms with Crippen LogP contribution in [0.2, 0.25) is 0 Å². The number of ether oxygens (including phenoxy) is 2. The number of aromatic nitrogens is 2. The van der Waals surface area contributed by atoms with E-state index in [9.17, 15) is 23.9 Å². The second kappa shape index (κ2) is 12.0. The smallest absolute Gasteiger partial charge is 0.268 e. The molecule has 0 unspecified atom stereocenters. The summed E-state index contributed by atoms with van der Waals surface area (Å²) in [6.45, 7) is 0.445. The molecule has 35 heavy (non-hydrogen) atoms. The van der Waals surface area contributed by atoms with E-state index in [4.69, 9.17) is 9.47 Å². The van der Waals surface area contributed by atoms with Crippen molar-refractivity contribution in [3.8, 4) is 5.75 Å². The maximum atomic E-state index is 13.3. The van der Waals surface area contributed by atoms with Crippen molar-refractivity contribution in [1.82, 2.24) is 20.2 Å². The minimum atomic E-state index is -0.840. The summed E-state index contributed by atoms with van der Waals surface area (Å²) in [6.07, 6.45) is 1.86. The molecule has 3 rings (SSSR count). The Kier molecular flexibility index (Phi) is 8.87. The van der Waals surface area contributed by atoms with Crippen LogP contribution in [0.3, 0.4) is 0 Å². The Bertz CT molecular complexity index is 1260. The van der Waals surface area contributed by atoms with Gasteiger partial charge in [0.05, 0.1) is 18.7 Å². The fourth-order valence-electron chi connectivity index (χ4n) is 3.49. The molecule has 0 bridgehead atoms. The summed E-state index contributed by atoms with van der Waals surface area (Å²) in [4.78, 5) is 42.7. The Hall–Kier alpha value is -3.83. The number of methoxy groups -OCH3 is 2. The van der Waals surface area contributed by atoms with Gasteiger partial charge in [-0.2, -0.15) is 0 Å². The van der Waals surface area contributed by atoms with Crippen molar-refractivity contribution < 1.29 is 28.6 Å². The van der Waals surface area contributed by atoms with Gasteiger partial charge in [0.2, 0.25) is 5.91 Å². The van der Waals surface area contributed by atoms with E-state index in [2.05, 4.69) is 15.6 Å². The van der Waals surface area contributed by atoms with E-state index in [1.54, 1.807) is 18.2 Å². The Balaban J connectivity index is 2.06. The number of hydrogen-bond donors (Lipinski definition) is 3. The molecule has 0 aliphatic carbocycles. The molecule has 0 aliphatic heterocycles. The van der Waals surface area contributed by atoms with Crippen molar-refractivity contribution in [2.75, 3.05) is 40.5 Å². The molecule has 0 saturated heterocycles. The van der Waals surface area contributed by atoms with Gasteiger partial charge < -0.3 is 25.2 Å². The van der Waals surface area contributed by atoms with Gasteiger partial charge in [-0.25, -0.2) is 4.39 Å². The summed E-state index contributed by atoms with van der Waals surface area (Å²) in [5.74, 6) is -2.23. The molecule has 186 valence electrons. The first kappa shape index (κ1) is 25.8. The molecule has 2 aromatic heterocycles. The van der Waals surface area contributed by atoms with Crippen LogP contribution in [0.1, 0.15) is 21.5 Å². The molecular formula is C24H27FN4O6. The molecular weight excluding hydrogens is 459 g/mol. The number of aromatic hydroxyl groups is 1. The topological polar surface area (TPSA) is 132 Å². The fraction of sp³-hybridized carbons (Fsp3) is 0.333. The van der Waals surface area contributed by atoms with Gasteiger partial charge in [0.1, 0.15) is 23.4 Å². The lowest BCUT2D eigenvalue weighted by Gasteiger charge is -2.15. The third kappa shape index (κ3) is 6.40. The van der Waals surface area contributed by atoms with Gasteiger partial charge in [-0.3, -0.25) is 23.9 Å². The number of amides is 2. The van der Waals surface area contributed by atoms with E-state index in [1.807, 2.05) is 0 Å². The first-order chi connectivity index (χ1) is 16.8. The molecule has 0 radical (unpaired) electrons. The molecule has 0 saturated carbocycles. The van der Waals surface area contributed by atoms with E-state index in [0.717, 1.165) is 10.1 Å². The van der Waals surface area contributed by atoms with E-state index in [0.29, 0.717) is 12.0 Å². The Morgan fingerprint density at radius 1 is 1.06 bits per heavy atom. The molecule has 2 heterocycles. The van der Waals surface area contributed by atoms with Crippen molar-refractivity contribution in [2.45, 2.75) is 13.0 Å². The number of halogens is 1. The van der Waals surface area contributed by atoms with Gasteiger partial charge in [-0.05, 0) is 35.7 Å². The average Bonchev–Trinajstić information content (AvgIpc) is 2.83. The Labute approximate surface area is 200 Å². The van der Waals surface area contributed by atoms with Gasteiger partial charge >= 0.3 is 0 Å². The van der Waals surface area contributed by atoms with Crippen LogP contribution in [0, 0.1) is 5.82 Å². The molecule has 11 heteroatoms. The number of rotatable bonds is 11. The van der Waals surface area contributed by atoms with E-state index >= 15 is 0 Å². The van der Waals surface area contributed by atoms with Crippen LogP contribution in [-0.4, -0.2) is 67.0 Å². The molecule has 10 nitrogen and oxygen atoms in total. The van der Waals surface area contributed by atoms with Gasteiger partial charge in [-0.1, -0.05) is 12.1 Å². The third-order valence-electron chi connectivity index (χ3n) is 5.21. The highest BCUT2D eigenvalue weighted by molar-refractivity contribution is 6.01. The van der Waals surface area contributed by atoms with E-state index < -0.39 is 35.2 Å². The van der Waals surface area contributed by atoms with Crippen LogP contribution >= 0.6 is 0 Å². The van der Waals surface area contributed by atoms with Crippen molar-refractivity contribution in [3.63, 3.8) is 0 Å². The minimum absolute atomic E-state index is 0.00552. The Morgan fingerprint density at radius 2 is 1.71 bits per heavy atom. The molecule has 0 atom stereocenters. The number of benzene rings is 1. The summed E-state index contributed by atoms with van der Waals surface area (Å²) in [6, 6.07) is 7.54. The van der Waals surface area contributed by atoms with Crippen LogP contribution in [0.4, 0.5) is 4.39 Å². The lowest BCUT2D eigenvalue weighted by molar-refractivity contribution is -0.121. The standard InChI is InChI=1S/C24H27FN4O6/c1-34-9-7-26-19(30)14-29-18-12-16(11-15-3-5-17(25)6-4-15)13-28-21(18)22(31)20(24(29)33)23(32)27-8-10-35-2/h3-6,12-13,31H,7-11,14H2,1-2H3,(H,26,30)(H,27,32). The van der Waals surface area contributed by atoms with Crippen LogP contribution in [0.25, 0.3) is 11.0 Å². The molecule has 3 aromatic rings. The largest absolute Gasteiger partial charge is 0.505 e. The van der Waals surface area contributed by atoms with Gasteiger partial charge in [0.25, 0.3) is 11.5 Å². The number of pyridine rings is 2. The highest BCUT2D eigenvalue weighted by Crippen LogP contribution is 2.26. The summed E-state index contributed by atoms with van der Waals surface area (Å²) in [5.41, 5.74) is 0.284. The molecule has 1 aromatic carbocycles. The average molecular weight is 487 g/mol. The van der Waals surface area contributed by atoms with Crippen molar-refractivity contribution >= 4 is 22.8 Å². The zero-order valence-electron chi connectivity index (χ0n) is 19.5. The molecule has 0 spiro atoms. The van der Waals surface area contributed by atoms with E-state index in [1.165, 1.54) is 32.5 Å². The summed E-state index contributed by atoms with van der Waals surface area (Å²) in [5, 5.41) is 15.9. The quantitative estimate of drug-likeness (QED) is 0.344. The van der Waals surface area contributed by atoms with Crippen LogP contribution in [-0.2, 0) is 27.2 Å². The normalized spacial score (nSPS) is 10.9. The van der Waals surface area contributed by atoms with Crippen molar-refractivity contribution in [1.29, 1.82) is 0 Å². The number of carbonyl (C=O) groups excluding carboxylic acids is 2. The second-order valence-electron chi connectivity index (χ2n) is 7.72. The van der Waals surface area contributed by atoms with Crippen molar-refractivity contribution in [2.24, 2.45) is 0 Å². The van der Waals surface area contributed by atoms with Crippen LogP contribution in [0.15, 0.2) is 41.3 Å². The van der Waals surface area contributed by atoms with Crippen LogP contribution < -0.4 is 16.2 Å². The number of nitrogens with zero attached hydrogens (tertiary/aromatic N) is 2. The maximum absolute atomic E-state index is 13.3. The first-order valence-corrected chi connectivity index (χ1v) is 10.9. The maximum Gasteiger partial charge on any atom is 0.268 e. The highest BCUT2D eigenvalue weighted by Gasteiger charge is 2.24. The number of nitrogens with one attached hydrogen (secondary N) is 2. The number of carbonyl (C=O) groups is 2. The van der Waals surface area contributed by atoms with E-state index in [-0.39, 0.29) is 43.2 Å². The molecule has 3 N–H and O–H groups in total. The fourth-order valence-corrected chi connectivity index (χ4v) is 3.49. The SMILES string of the molecule is COCCNC(=O)Cn1c(=O)c(C(=O)NCCOC)c(O)c2ncc(Cc3ccc(F)cc3)cc21. The summed E-state index contributed by atoms with van der Waals surface area (Å²) < 4.78 is 24.2. The molecule has 0 fully saturated rings. The number of fused-ring (bicyclic) bond motifs is 1. The summed E-state index contributed by atoms with van der Waals surface area (Å²) in [7, 11) is 2.95. The van der Waals surface area contributed by atoms with Gasteiger partial charge in [-0.15, -0.1) is 0 Å². The first-order valence-electron chi connectivity index (χ1n) is 10.9. The lowest BCUT2D eigenvalue weighted by atomic mass is 10.1. The third-order valence-corrected chi connectivity index (χ3v) is 5.21. The monoisotopic (exact) mass is 486 g/mol. The zero-order valence-corrected chi connectivity index (χ0v) is 19.5. The highest BCUT2D eigenvalue weighted by atomic mass is 19.1. The minimum Gasteiger partial charge on any atom is -0.505 e. The van der Waals surface area contributed by atoms with Crippen LogP contribution in [0.5, 0.6) is 5.75 Å². The predicted octanol–water partition coefficient (Wildman–Crippen LogP) is 0.971. The van der Waals surface area contributed by atoms with Gasteiger partial charge in [0.15, 0.2) is 5.75 Å².